The third kappa shape index (κ3) is 4.97. The van der Waals surface area contributed by atoms with Crippen molar-refractivity contribution in [3.63, 3.8) is 0 Å². The van der Waals surface area contributed by atoms with Gasteiger partial charge in [0, 0.05) is 50.0 Å². The largest absolute Gasteiger partial charge is 0.477 e. The van der Waals surface area contributed by atoms with Gasteiger partial charge in [0.1, 0.15) is 29.2 Å². The van der Waals surface area contributed by atoms with Crippen LogP contribution in [0.5, 0.6) is 0 Å². The van der Waals surface area contributed by atoms with Gasteiger partial charge in [-0.15, -0.1) is 0 Å². The standard InChI is InChI=1S/C27H27N7O5S/c1-15-10-21(33-11-16(12-33)20(35)6-5-17-4-2-3-9-39-17)30-25-22(15)23(36)18(26(37)38)13-34(25)27-31-24(32-40-27)19-7-8-28-14-29-19/h7-8,10,13-14,16-17H,2-6,9,11-12H2,1H3,(H,37,38). The van der Waals surface area contributed by atoms with Crippen LogP contribution in [0.15, 0.2) is 35.6 Å². The second-order valence-electron chi connectivity index (χ2n) is 10.1. The van der Waals surface area contributed by atoms with Gasteiger partial charge in [-0.25, -0.2) is 19.7 Å². The molecule has 1 atom stereocenters. The van der Waals surface area contributed by atoms with Crippen LogP contribution < -0.4 is 10.3 Å². The number of pyridine rings is 2. The first-order valence-corrected chi connectivity index (χ1v) is 14.0. The summed E-state index contributed by atoms with van der Waals surface area (Å²) in [6, 6.07) is 3.44. The number of ketones is 1. The molecule has 0 aromatic carbocycles. The van der Waals surface area contributed by atoms with Gasteiger partial charge in [-0.3, -0.25) is 14.2 Å². The van der Waals surface area contributed by atoms with Crippen molar-refractivity contribution in [2.45, 2.75) is 45.1 Å². The smallest absolute Gasteiger partial charge is 0.341 e. The fraction of sp³-hybridized carbons (Fsp3) is 0.407. The van der Waals surface area contributed by atoms with Crippen LogP contribution in [-0.2, 0) is 9.53 Å². The molecule has 6 heterocycles. The van der Waals surface area contributed by atoms with E-state index in [1.165, 1.54) is 17.1 Å². The predicted octanol–water partition coefficient (Wildman–Crippen LogP) is 3.06. The summed E-state index contributed by atoms with van der Waals surface area (Å²) in [5.41, 5.74) is 0.377. The summed E-state index contributed by atoms with van der Waals surface area (Å²) in [6.07, 6.45) is 8.92. The summed E-state index contributed by atoms with van der Waals surface area (Å²) in [5.74, 6) is -0.218. The van der Waals surface area contributed by atoms with Crippen LogP contribution in [0.4, 0.5) is 5.82 Å². The Hall–Kier alpha value is -4.10. The summed E-state index contributed by atoms with van der Waals surface area (Å²) in [6.45, 7) is 3.61. The molecule has 4 aromatic heterocycles. The van der Waals surface area contributed by atoms with Crippen LogP contribution in [0.1, 0.15) is 48.0 Å². The van der Waals surface area contributed by atoms with Crippen LogP contribution in [-0.4, -0.2) is 71.5 Å². The molecule has 40 heavy (non-hydrogen) atoms. The molecule has 0 amide bonds. The van der Waals surface area contributed by atoms with Crippen LogP contribution in [0, 0.1) is 12.8 Å². The highest BCUT2D eigenvalue weighted by Crippen LogP contribution is 2.30. The summed E-state index contributed by atoms with van der Waals surface area (Å²) in [4.78, 5) is 57.3. The molecule has 2 aliphatic heterocycles. The highest BCUT2D eigenvalue weighted by Gasteiger charge is 2.34. The number of hydrogen-bond donors (Lipinski definition) is 1. The van der Waals surface area contributed by atoms with Crippen molar-refractivity contribution < 1.29 is 19.4 Å². The fourth-order valence-electron chi connectivity index (χ4n) is 5.19. The van der Waals surface area contributed by atoms with E-state index in [9.17, 15) is 19.5 Å². The first kappa shape index (κ1) is 26.1. The molecule has 0 radical (unpaired) electrons. The van der Waals surface area contributed by atoms with Crippen molar-refractivity contribution in [3.8, 4) is 16.6 Å². The molecule has 1 unspecified atom stereocenters. The van der Waals surface area contributed by atoms with Gasteiger partial charge in [-0.05, 0) is 50.3 Å². The first-order valence-electron chi connectivity index (χ1n) is 13.2. The normalized spacial score (nSPS) is 17.6. The van der Waals surface area contributed by atoms with E-state index in [2.05, 4.69) is 19.3 Å². The Kier molecular flexibility index (Phi) is 7.07. The van der Waals surface area contributed by atoms with Crippen LogP contribution in [0.25, 0.3) is 27.7 Å². The van der Waals surface area contributed by atoms with E-state index < -0.39 is 11.4 Å². The number of aromatic nitrogens is 6. The van der Waals surface area contributed by atoms with Gasteiger partial charge >= 0.3 is 5.97 Å². The Morgan fingerprint density at radius 2 is 2.08 bits per heavy atom. The molecule has 0 spiro atoms. The van der Waals surface area contributed by atoms with E-state index in [0.717, 1.165) is 43.8 Å². The number of carboxylic acid groups (broad SMARTS) is 1. The minimum atomic E-state index is -1.34. The molecule has 0 aliphatic carbocycles. The number of fused-ring (bicyclic) bond motifs is 1. The summed E-state index contributed by atoms with van der Waals surface area (Å²) >= 11 is 1.04. The van der Waals surface area contributed by atoms with Gasteiger partial charge in [0.25, 0.3) is 0 Å². The Labute approximate surface area is 232 Å². The van der Waals surface area contributed by atoms with Gasteiger partial charge in [0.15, 0.2) is 11.5 Å². The predicted molar refractivity (Wildman–Crippen MR) is 147 cm³/mol. The maximum absolute atomic E-state index is 13.2. The lowest BCUT2D eigenvalue weighted by Crippen LogP contribution is -2.51. The number of rotatable bonds is 8. The van der Waals surface area contributed by atoms with Crippen molar-refractivity contribution in [1.29, 1.82) is 0 Å². The number of carbonyl (C=O) groups is 2. The van der Waals surface area contributed by atoms with E-state index in [-0.39, 0.29) is 34.4 Å². The van der Waals surface area contributed by atoms with Gasteiger partial charge in [0.2, 0.25) is 10.6 Å². The number of ether oxygens (including phenoxy) is 1. The number of hydrogen-bond acceptors (Lipinski definition) is 11. The number of carboxylic acids is 1. The molecule has 0 saturated carbocycles. The molecule has 206 valence electrons. The summed E-state index contributed by atoms with van der Waals surface area (Å²) in [5, 5.41) is 10.3. The quantitative estimate of drug-likeness (QED) is 0.338. The molecular formula is C27H27N7O5S. The van der Waals surface area contributed by atoms with Crippen molar-refractivity contribution in [1.82, 2.24) is 28.9 Å². The minimum Gasteiger partial charge on any atom is -0.477 e. The summed E-state index contributed by atoms with van der Waals surface area (Å²) in [7, 11) is 0. The van der Waals surface area contributed by atoms with Crippen molar-refractivity contribution >= 4 is 40.1 Å². The van der Waals surface area contributed by atoms with Crippen LogP contribution in [0.3, 0.4) is 0 Å². The number of nitrogens with zero attached hydrogens (tertiary/aromatic N) is 7. The third-order valence-electron chi connectivity index (χ3n) is 7.45. The second kappa shape index (κ2) is 10.8. The highest BCUT2D eigenvalue weighted by atomic mass is 32.1. The lowest BCUT2D eigenvalue weighted by Gasteiger charge is -2.39. The fourth-order valence-corrected chi connectivity index (χ4v) is 5.85. The maximum Gasteiger partial charge on any atom is 0.341 e. The Morgan fingerprint density at radius 1 is 1.23 bits per heavy atom. The van der Waals surface area contributed by atoms with Crippen LogP contribution >= 0.6 is 11.5 Å². The minimum absolute atomic E-state index is 0.0726. The number of aromatic carboxylic acids is 1. The number of anilines is 1. The topological polar surface area (TPSA) is 153 Å². The molecule has 0 bridgehead atoms. The lowest BCUT2D eigenvalue weighted by atomic mass is 9.90. The zero-order valence-electron chi connectivity index (χ0n) is 21.8. The average molecular weight is 562 g/mol. The van der Waals surface area contributed by atoms with E-state index >= 15 is 0 Å². The number of Topliss-reactive ketones (excluding diaryl/α,β-unsaturated/α-hetero) is 1. The number of carbonyl (C=O) groups excluding carboxylic acids is 1. The number of aryl methyl sites for hydroxylation is 1. The maximum atomic E-state index is 13.2. The lowest BCUT2D eigenvalue weighted by molar-refractivity contribution is -0.124. The second-order valence-corrected chi connectivity index (χ2v) is 10.9. The van der Waals surface area contributed by atoms with Gasteiger partial charge in [-0.1, -0.05) is 0 Å². The summed E-state index contributed by atoms with van der Waals surface area (Å²) < 4.78 is 11.6. The van der Waals surface area contributed by atoms with Gasteiger partial charge in [-0.2, -0.15) is 9.36 Å². The molecule has 4 aromatic rings. The molecule has 2 fully saturated rings. The monoisotopic (exact) mass is 561 g/mol. The Balaban J connectivity index is 1.29. The van der Waals surface area contributed by atoms with Crippen molar-refractivity contribution in [2.75, 3.05) is 24.6 Å². The molecule has 2 aliphatic rings. The Morgan fingerprint density at radius 3 is 2.80 bits per heavy atom. The molecule has 2 saturated heterocycles. The van der Waals surface area contributed by atoms with E-state index in [1.54, 1.807) is 25.3 Å². The SMILES string of the molecule is Cc1cc(N2CC(C(=O)CCC3CCCCO3)C2)nc2c1c(=O)c(C(=O)O)cn2-c1nc(-c2ccncn2)ns1. The van der Waals surface area contributed by atoms with Crippen LogP contribution in [0.2, 0.25) is 0 Å². The van der Waals surface area contributed by atoms with E-state index in [0.29, 0.717) is 47.5 Å². The van der Waals surface area contributed by atoms with Crippen molar-refractivity contribution in [3.05, 3.63) is 52.2 Å². The van der Waals surface area contributed by atoms with Gasteiger partial charge in [0.05, 0.1) is 17.4 Å². The molecule has 1 N–H and O–H groups in total. The zero-order chi connectivity index (χ0) is 27.8. The van der Waals surface area contributed by atoms with Crippen molar-refractivity contribution in [2.24, 2.45) is 5.92 Å². The molecule has 6 rings (SSSR count). The Bertz CT molecular complexity index is 1640. The average Bonchev–Trinajstić information content (AvgIpc) is 3.42. The third-order valence-corrected chi connectivity index (χ3v) is 8.17. The zero-order valence-corrected chi connectivity index (χ0v) is 22.6. The first-order chi connectivity index (χ1) is 19.4. The molecule has 12 nitrogen and oxygen atoms in total. The van der Waals surface area contributed by atoms with Gasteiger partial charge < -0.3 is 14.7 Å². The molecular weight excluding hydrogens is 534 g/mol. The van der Waals surface area contributed by atoms with E-state index in [1.807, 2.05) is 4.90 Å². The highest BCUT2D eigenvalue weighted by molar-refractivity contribution is 7.08. The molecule has 13 heteroatoms. The van der Waals surface area contributed by atoms with E-state index in [4.69, 9.17) is 9.72 Å².